The number of esters is 1. The van der Waals surface area contributed by atoms with E-state index in [0.717, 1.165) is 11.3 Å². The third kappa shape index (κ3) is 2.72. The van der Waals surface area contributed by atoms with E-state index in [1.54, 1.807) is 12.1 Å². The summed E-state index contributed by atoms with van der Waals surface area (Å²) in [5.74, 6) is -4.81. The zero-order valence-electron chi connectivity index (χ0n) is 9.67. The molecule has 1 atom stereocenters. The number of cyclic esters (lactones) is 1. The number of alkyl halides is 2. The molecule has 0 aliphatic carbocycles. The van der Waals surface area contributed by atoms with E-state index in [1.165, 1.54) is 0 Å². The van der Waals surface area contributed by atoms with Crippen LogP contribution in [0.1, 0.15) is 12.0 Å². The van der Waals surface area contributed by atoms with Crippen molar-refractivity contribution in [2.45, 2.75) is 25.4 Å². The highest BCUT2D eigenvalue weighted by atomic mass is 35.5. The van der Waals surface area contributed by atoms with Crippen LogP contribution in [0.15, 0.2) is 18.2 Å². The van der Waals surface area contributed by atoms with Gasteiger partial charge in [0.1, 0.15) is 6.10 Å². The van der Waals surface area contributed by atoms with Crippen LogP contribution in [0.3, 0.4) is 0 Å². The maximum atomic E-state index is 12.9. The molecule has 1 heterocycles. The molecule has 1 aromatic rings. The summed E-state index contributed by atoms with van der Waals surface area (Å²) in [6.45, 7) is 2.01. The Kier molecular flexibility index (Phi) is 3.43. The molecule has 1 N–H and O–H groups in total. The van der Waals surface area contributed by atoms with Crippen LogP contribution in [-0.4, -0.2) is 24.5 Å². The molecule has 1 aliphatic rings. The van der Waals surface area contributed by atoms with Crippen LogP contribution < -0.4 is 5.32 Å². The smallest absolute Gasteiger partial charge is 0.377 e. The normalized spacial score (nSPS) is 21.8. The van der Waals surface area contributed by atoms with Gasteiger partial charge in [-0.1, -0.05) is 17.7 Å². The second kappa shape index (κ2) is 4.72. The van der Waals surface area contributed by atoms with Crippen molar-refractivity contribution in [2.24, 2.45) is 0 Å². The topological polar surface area (TPSA) is 38.3 Å². The lowest BCUT2D eigenvalue weighted by Crippen LogP contribution is -2.22. The first-order valence-electron chi connectivity index (χ1n) is 5.47. The molecule has 98 valence electrons. The Labute approximate surface area is 108 Å². The van der Waals surface area contributed by atoms with Crippen LogP contribution >= 0.6 is 11.6 Å². The maximum Gasteiger partial charge on any atom is 0.377 e. The number of carbonyl (C=O) groups is 1. The van der Waals surface area contributed by atoms with Gasteiger partial charge >= 0.3 is 11.9 Å². The summed E-state index contributed by atoms with van der Waals surface area (Å²) in [7, 11) is 0. The van der Waals surface area contributed by atoms with E-state index in [1.807, 2.05) is 13.0 Å². The van der Waals surface area contributed by atoms with Gasteiger partial charge in [0.2, 0.25) is 0 Å². The van der Waals surface area contributed by atoms with Gasteiger partial charge in [0, 0.05) is 10.7 Å². The molecule has 6 heteroatoms. The molecular formula is C12H12ClF2NO2. The zero-order chi connectivity index (χ0) is 13.3. The quantitative estimate of drug-likeness (QED) is 0.862. The summed E-state index contributed by atoms with van der Waals surface area (Å²) in [5.41, 5.74) is 1.68. The van der Waals surface area contributed by atoms with E-state index in [2.05, 4.69) is 10.1 Å². The van der Waals surface area contributed by atoms with Gasteiger partial charge in [-0.25, -0.2) is 4.79 Å². The molecule has 1 aromatic carbocycles. The molecule has 1 saturated heterocycles. The van der Waals surface area contributed by atoms with Crippen molar-refractivity contribution in [3.05, 3.63) is 28.8 Å². The molecule has 0 spiro atoms. The molecule has 1 aliphatic heterocycles. The van der Waals surface area contributed by atoms with Crippen molar-refractivity contribution < 1.29 is 18.3 Å². The van der Waals surface area contributed by atoms with Crippen LogP contribution in [0.25, 0.3) is 0 Å². The molecule has 0 aromatic heterocycles. The molecule has 0 amide bonds. The van der Waals surface area contributed by atoms with E-state index in [4.69, 9.17) is 11.6 Å². The molecule has 1 fully saturated rings. The predicted molar refractivity (Wildman–Crippen MR) is 64.1 cm³/mol. The maximum absolute atomic E-state index is 12.9. The molecule has 0 bridgehead atoms. The molecule has 18 heavy (non-hydrogen) atoms. The Bertz CT molecular complexity index is 479. The van der Waals surface area contributed by atoms with Gasteiger partial charge in [0.25, 0.3) is 0 Å². The Morgan fingerprint density at radius 1 is 1.56 bits per heavy atom. The number of ether oxygens (including phenoxy) is 1. The molecule has 0 radical (unpaired) electrons. The van der Waals surface area contributed by atoms with E-state index < -0.39 is 24.4 Å². The third-order valence-corrected chi connectivity index (χ3v) is 3.01. The summed E-state index contributed by atoms with van der Waals surface area (Å²) in [4.78, 5) is 10.8. The van der Waals surface area contributed by atoms with E-state index >= 15 is 0 Å². The molecule has 3 nitrogen and oxygen atoms in total. The molecular weight excluding hydrogens is 264 g/mol. The first-order chi connectivity index (χ1) is 8.38. The van der Waals surface area contributed by atoms with Crippen molar-refractivity contribution in [1.29, 1.82) is 0 Å². The average Bonchev–Trinajstić information content (AvgIpc) is 2.54. The monoisotopic (exact) mass is 275 g/mol. The van der Waals surface area contributed by atoms with Gasteiger partial charge in [-0.15, -0.1) is 0 Å². The zero-order valence-corrected chi connectivity index (χ0v) is 10.4. The lowest BCUT2D eigenvalue weighted by Gasteiger charge is -2.13. The number of hydrogen-bond acceptors (Lipinski definition) is 3. The first-order valence-corrected chi connectivity index (χ1v) is 5.85. The van der Waals surface area contributed by atoms with Gasteiger partial charge in [-0.3, -0.25) is 0 Å². The van der Waals surface area contributed by atoms with Crippen LogP contribution in [0, 0.1) is 6.92 Å². The molecule has 2 rings (SSSR count). The summed E-state index contributed by atoms with van der Waals surface area (Å²) < 4.78 is 30.5. The van der Waals surface area contributed by atoms with Crippen molar-refractivity contribution in [3.8, 4) is 0 Å². The largest absolute Gasteiger partial charge is 0.456 e. The van der Waals surface area contributed by atoms with Crippen LogP contribution in [0.5, 0.6) is 0 Å². The van der Waals surface area contributed by atoms with E-state index in [0.29, 0.717) is 5.02 Å². The fourth-order valence-electron chi connectivity index (χ4n) is 1.77. The summed E-state index contributed by atoms with van der Waals surface area (Å²) in [5, 5.41) is 3.51. The Morgan fingerprint density at radius 3 is 2.89 bits per heavy atom. The third-order valence-electron chi connectivity index (χ3n) is 2.78. The highest BCUT2D eigenvalue weighted by molar-refractivity contribution is 6.30. The summed E-state index contributed by atoms with van der Waals surface area (Å²) in [6.07, 6.45) is -1.40. The Hall–Kier alpha value is -1.36. The van der Waals surface area contributed by atoms with Crippen molar-refractivity contribution in [3.63, 3.8) is 0 Å². The number of anilines is 1. The van der Waals surface area contributed by atoms with E-state index in [-0.39, 0.29) is 6.54 Å². The number of nitrogens with one attached hydrogen (secondary N) is 1. The standard InChI is InChI=1S/C12H12ClF2NO2/c1-7-2-3-8(13)4-10(7)16-6-9-5-12(14,15)11(17)18-9/h2-4,9,16H,5-6H2,1H3. The molecule has 0 saturated carbocycles. The highest BCUT2D eigenvalue weighted by Crippen LogP contribution is 2.31. The fourth-order valence-corrected chi connectivity index (χ4v) is 1.94. The lowest BCUT2D eigenvalue weighted by molar-refractivity contribution is -0.158. The van der Waals surface area contributed by atoms with Crippen LogP contribution in [0.4, 0.5) is 14.5 Å². The highest BCUT2D eigenvalue weighted by Gasteiger charge is 2.50. The van der Waals surface area contributed by atoms with Gasteiger partial charge in [0.05, 0.1) is 13.0 Å². The van der Waals surface area contributed by atoms with Gasteiger partial charge in [0.15, 0.2) is 0 Å². The summed E-state index contributed by atoms with van der Waals surface area (Å²) in [6, 6.07) is 5.26. The minimum Gasteiger partial charge on any atom is -0.456 e. The van der Waals surface area contributed by atoms with Crippen LogP contribution in [0.2, 0.25) is 5.02 Å². The number of hydrogen-bond donors (Lipinski definition) is 1. The number of benzene rings is 1. The average molecular weight is 276 g/mol. The minimum absolute atomic E-state index is 0.141. The SMILES string of the molecule is Cc1ccc(Cl)cc1NCC1CC(F)(F)C(=O)O1. The van der Waals surface area contributed by atoms with Crippen molar-refractivity contribution in [1.82, 2.24) is 0 Å². The first kappa shape index (κ1) is 13.1. The van der Waals surface area contributed by atoms with Gasteiger partial charge in [-0.05, 0) is 24.6 Å². The second-order valence-corrected chi connectivity index (χ2v) is 4.71. The lowest BCUT2D eigenvalue weighted by atomic mass is 10.1. The number of carbonyl (C=O) groups excluding carboxylic acids is 1. The second-order valence-electron chi connectivity index (χ2n) is 4.28. The number of aryl methyl sites for hydroxylation is 1. The van der Waals surface area contributed by atoms with Crippen molar-refractivity contribution in [2.75, 3.05) is 11.9 Å². The van der Waals surface area contributed by atoms with Crippen LogP contribution in [-0.2, 0) is 9.53 Å². The van der Waals surface area contributed by atoms with Gasteiger partial charge in [-0.2, -0.15) is 8.78 Å². The van der Waals surface area contributed by atoms with Crippen molar-refractivity contribution >= 4 is 23.3 Å². The number of halogens is 3. The van der Waals surface area contributed by atoms with E-state index in [9.17, 15) is 13.6 Å². The summed E-state index contributed by atoms with van der Waals surface area (Å²) >= 11 is 5.84. The molecule has 1 unspecified atom stereocenters. The van der Waals surface area contributed by atoms with Gasteiger partial charge < -0.3 is 10.1 Å². The predicted octanol–water partition coefficient (Wildman–Crippen LogP) is 3.01. The minimum atomic E-state index is -3.37. The fraction of sp³-hybridized carbons (Fsp3) is 0.417. The Balaban J connectivity index is 1.97. The number of rotatable bonds is 3. The Morgan fingerprint density at radius 2 is 2.28 bits per heavy atom.